The molecule has 2 fully saturated rings. The van der Waals surface area contributed by atoms with Crippen molar-refractivity contribution in [3.8, 4) is 0 Å². The van der Waals surface area contributed by atoms with Crippen molar-refractivity contribution >= 4 is 43.9 Å². The Morgan fingerprint density at radius 3 is 2.24 bits per heavy atom. The van der Waals surface area contributed by atoms with Crippen LogP contribution in [0.4, 0.5) is 4.79 Å². The van der Waals surface area contributed by atoms with Gasteiger partial charge in [-0.2, -0.15) is 0 Å². The Hall–Kier alpha value is -1.93. The topological polar surface area (TPSA) is 62.7 Å². The van der Waals surface area contributed by atoms with E-state index in [4.69, 9.17) is 9.72 Å². The van der Waals surface area contributed by atoms with Crippen LogP contribution in [0.15, 0.2) is 33.3 Å². The van der Waals surface area contributed by atoms with E-state index in [0.717, 1.165) is 56.1 Å². The lowest BCUT2D eigenvalue weighted by Crippen LogP contribution is -2.44. The van der Waals surface area contributed by atoms with Crippen LogP contribution >= 0.6 is 31.9 Å². The summed E-state index contributed by atoms with van der Waals surface area (Å²) in [5, 5.41) is 0. The van der Waals surface area contributed by atoms with Gasteiger partial charge in [-0.3, -0.25) is 9.78 Å². The molecule has 8 heteroatoms. The number of carbonyl (C=O) groups is 2. The van der Waals surface area contributed by atoms with Crippen molar-refractivity contribution in [2.24, 2.45) is 11.8 Å². The first-order valence-corrected chi connectivity index (χ1v) is 16.3. The summed E-state index contributed by atoms with van der Waals surface area (Å²) in [6.07, 6.45) is 7.93. The molecule has 5 rings (SSSR count). The number of ether oxygens (including phenoxy) is 1. The standard InChI is InChI=1S/C32H41Br2N3O3.CH4/c1-20-15-23-5-6-24-18-25(33)19-35-30(24)29(28(23)26(34)16-20)22-9-13-36(14-10-22)27(38)17-21-7-11-37(12-8-21)31(39)40-32(2,3)4;/h15-16,18-19,21-22,29H,5-14,17H2,1-4H3;1H4. The van der Waals surface area contributed by atoms with E-state index in [0.29, 0.717) is 31.3 Å². The lowest BCUT2D eigenvalue weighted by atomic mass is 9.76. The molecule has 0 bridgehead atoms. The highest BCUT2D eigenvalue weighted by atomic mass is 79.9. The van der Waals surface area contributed by atoms with Gasteiger partial charge >= 0.3 is 6.09 Å². The molecule has 2 saturated heterocycles. The van der Waals surface area contributed by atoms with E-state index in [1.807, 2.05) is 27.0 Å². The monoisotopic (exact) mass is 689 g/mol. The van der Waals surface area contributed by atoms with E-state index in [2.05, 4.69) is 61.9 Å². The minimum atomic E-state index is -0.487. The van der Waals surface area contributed by atoms with Gasteiger partial charge in [0, 0.05) is 53.7 Å². The third-order valence-electron chi connectivity index (χ3n) is 8.69. The summed E-state index contributed by atoms with van der Waals surface area (Å²) in [5.41, 5.74) is 6.13. The van der Waals surface area contributed by atoms with E-state index in [1.165, 1.54) is 32.4 Å². The number of halogens is 2. The van der Waals surface area contributed by atoms with Crippen LogP contribution in [-0.2, 0) is 22.4 Å². The van der Waals surface area contributed by atoms with E-state index in [9.17, 15) is 9.59 Å². The number of benzene rings is 1. The Kier molecular flexibility index (Phi) is 10.3. The minimum Gasteiger partial charge on any atom is -0.444 e. The van der Waals surface area contributed by atoms with Gasteiger partial charge in [-0.15, -0.1) is 0 Å². The third kappa shape index (κ3) is 7.54. The molecule has 3 aliphatic rings. The van der Waals surface area contributed by atoms with Crippen LogP contribution in [0.2, 0.25) is 0 Å². The molecule has 1 aliphatic carbocycles. The minimum absolute atomic E-state index is 0. The molecule has 0 radical (unpaired) electrons. The molecule has 41 heavy (non-hydrogen) atoms. The van der Waals surface area contributed by atoms with Gasteiger partial charge in [0.2, 0.25) is 5.91 Å². The number of pyridine rings is 1. The summed E-state index contributed by atoms with van der Waals surface area (Å²) >= 11 is 7.56. The highest BCUT2D eigenvalue weighted by molar-refractivity contribution is 9.10. The molecule has 224 valence electrons. The predicted octanol–water partition coefficient (Wildman–Crippen LogP) is 8.06. The van der Waals surface area contributed by atoms with E-state index in [1.54, 1.807) is 4.90 Å². The molecular formula is C33H45Br2N3O3. The number of hydrogen-bond acceptors (Lipinski definition) is 4. The lowest BCUT2D eigenvalue weighted by Gasteiger charge is -2.38. The largest absolute Gasteiger partial charge is 0.444 e. The molecule has 1 aromatic carbocycles. The molecule has 1 unspecified atom stereocenters. The maximum Gasteiger partial charge on any atom is 0.410 e. The molecule has 6 nitrogen and oxygen atoms in total. The number of piperidine rings is 2. The lowest BCUT2D eigenvalue weighted by molar-refractivity contribution is -0.134. The average Bonchev–Trinajstić information content (AvgIpc) is 3.05. The van der Waals surface area contributed by atoms with E-state index in [-0.39, 0.29) is 25.3 Å². The SMILES string of the molecule is C.Cc1cc(Br)c2c(c1)CCc1cc(Br)cnc1C2C1CCN(C(=O)CC2CCN(C(=O)OC(C)(C)C)CC2)CC1. The molecular weight excluding hydrogens is 646 g/mol. The second kappa shape index (κ2) is 13.2. The van der Waals surface area contributed by atoms with Crippen LogP contribution in [0, 0.1) is 18.8 Å². The van der Waals surface area contributed by atoms with Crippen LogP contribution in [0.3, 0.4) is 0 Å². The quantitative estimate of drug-likeness (QED) is 0.327. The molecule has 3 heterocycles. The maximum atomic E-state index is 13.3. The zero-order valence-corrected chi connectivity index (χ0v) is 27.3. The Labute approximate surface area is 262 Å². The molecule has 2 amide bonds. The van der Waals surface area contributed by atoms with Gasteiger partial charge in [-0.25, -0.2) is 4.79 Å². The molecule has 0 saturated carbocycles. The van der Waals surface area contributed by atoms with Gasteiger partial charge in [0.15, 0.2) is 0 Å². The Morgan fingerprint density at radius 1 is 0.951 bits per heavy atom. The highest BCUT2D eigenvalue weighted by Gasteiger charge is 2.37. The fourth-order valence-corrected chi connectivity index (χ4v) is 7.96. The Morgan fingerprint density at radius 2 is 1.59 bits per heavy atom. The van der Waals surface area contributed by atoms with Crippen molar-refractivity contribution < 1.29 is 14.3 Å². The number of nitrogens with zero attached hydrogens (tertiary/aromatic N) is 3. The van der Waals surface area contributed by atoms with Crippen molar-refractivity contribution in [3.05, 3.63) is 61.3 Å². The summed E-state index contributed by atoms with van der Waals surface area (Å²) < 4.78 is 7.73. The second-order valence-corrected chi connectivity index (χ2v) is 14.6. The van der Waals surface area contributed by atoms with Gasteiger partial charge in [0.1, 0.15) is 5.60 Å². The number of carbonyl (C=O) groups excluding carboxylic acids is 2. The molecule has 2 aromatic rings. The van der Waals surface area contributed by atoms with Crippen LogP contribution < -0.4 is 0 Å². The maximum absolute atomic E-state index is 13.3. The normalized spacial score (nSPS) is 20.0. The van der Waals surface area contributed by atoms with E-state index < -0.39 is 5.60 Å². The Balaban J connectivity index is 0.00000387. The summed E-state index contributed by atoms with van der Waals surface area (Å²) in [4.78, 5) is 34.6. The van der Waals surface area contributed by atoms with Crippen LogP contribution in [0.1, 0.15) is 94.2 Å². The molecule has 1 atom stereocenters. The van der Waals surface area contributed by atoms with Crippen LogP contribution in [0.25, 0.3) is 0 Å². The Bertz CT molecular complexity index is 1260. The average molecular weight is 692 g/mol. The van der Waals surface area contributed by atoms with Gasteiger partial charge in [0.25, 0.3) is 0 Å². The number of rotatable bonds is 3. The number of fused-ring (bicyclic) bond motifs is 2. The van der Waals surface area contributed by atoms with E-state index >= 15 is 0 Å². The number of hydrogen-bond donors (Lipinski definition) is 0. The smallest absolute Gasteiger partial charge is 0.410 e. The first-order valence-electron chi connectivity index (χ1n) is 14.7. The predicted molar refractivity (Wildman–Crippen MR) is 171 cm³/mol. The van der Waals surface area contributed by atoms with Gasteiger partial charge in [0.05, 0.1) is 5.69 Å². The number of likely N-dealkylation sites (tertiary alicyclic amines) is 2. The zero-order chi connectivity index (χ0) is 28.6. The summed E-state index contributed by atoms with van der Waals surface area (Å²) in [6.45, 7) is 10.7. The number of amides is 2. The van der Waals surface area contributed by atoms with Gasteiger partial charge in [-0.1, -0.05) is 29.4 Å². The summed E-state index contributed by atoms with van der Waals surface area (Å²) in [5.74, 6) is 1.25. The third-order valence-corrected chi connectivity index (χ3v) is 9.78. The second-order valence-electron chi connectivity index (χ2n) is 12.8. The molecule has 0 spiro atoms. The van der Waals surface area contributed by atoms with Gasteiger partial charge in [-0.05, 0) is 128 Å². The fraction of sp³-hybridized carbons (Fsp3) is 0.606. The molecule has 2 aliphatic heterocycles. The fourth-order valence-electron chi connectivity index (χ4n) is 6.72. The van der Waals surface area contributed by atoms with Crippen molar-refractivity contribution in [2.45, 2.75) is 91.6 Å². The highest BCUT2D eigenvalue weighted by Crippen LogP contribution is 2.45. The number of aryl methyl sites for hydroxylation is 3. The van der Waals surface area contributed by atoms with Crippen molar-refractivity contribution in [3.63, 3.8) is 0 Å². The molecule has 0 N–H and O–H groups in total. The van der Waals surface area contributed by atoms with Crippen molar-refractivity contribution in [1.82, 2.24) is 14.8 Å². The number of aromatic nitrogens is 1. The summed E-state index contributed by atoms with van der Waals surface area (Å²) in [7, 11) is 0. The van der Waals surface area contributed by atoms with Crippen molar-refractivity contribution in [2.75, 3.05) is 26.2 Å². The molecule has 1 aromatic heterocycles. The first kappa shape index (κ1) is 32.0. The van der Waals surface area contributed by atoms with Crippen LogP contribution in [-0.4, -0.2) is 58.6 Å². The van der Waals surface area contributed by atoms with Crippen LogP contribution in [0.5, 0.6) is 0 Å². The van der Waals surface area contributed by atoms with Gasteiger partial charge < -0.3 is 14.5 Å². The zero-order valence-electron chi connectivity index (χ0n) is 24.1. The summed E-state index contributed by atoms with van der Waals surface area (Å²) in [6, 6.07) is 6.83. The first-order chi connectivity index (χ1) is 19.0. The van der Waals surface area contributed by atoms with Crippen molar-refractivity contribution in [1.29, 1.82) is 0 Å².